The van der Waals surface area contributed by atoms with Crippen LogP contribution < -0.4 is 0 Å². The summed E-state index contributed by atoms with van der Waals surface area (Å²) in [6.45, 7) is 7.21. The fourth-order valence-electron chi connectivity index (χ4n) is 3.82. The number of benzene rings is 3. The summed E-state index contributed by atoms with van der Waals surface area (Å²) in [6, 6.07) is 26.0. The van der Waals surface area contributed by atoms with Crippen LogP contribution in [0.15, 0.2) is 87.8 Å². The van der Waals surface area contributed by atoms with Crippen molar-refractivity contribution in [2.45, 2.75) is 32.7 Å². The predicted molar refractivity (Wildman–Crippen MR) is 143 cm³/mol. The Hall–Kier alpha value is -3.22. The SMILES string of the molecule is CC(C)(C)c1ccc(Cn2nc(-c3ccc(Cl)cc3)cc2-c2nnc(-c3cccc(Br)c3)o2)cc1. The number of hydrogen-bond donors (Lipinski definition) is 0. The average Bonchev–Trinajstić information content (AvgIpc) is 3.47. The van der Waals surface area contributed by atoms with Crippen LogP contribution in [0.5, 0.6) is 0 Å². The summed E-state index contributed by atoms with van der Waals surface area (Å²) in [5.74, 6) is 0.871. The summed E-state index contributed by atoms with van der Waals surface area (Å²) >= 11 is 9.59. The molecule has 176 valence electrons. The lowest BCUT2D eigenvalue weighted by atomic mass is 9.87. The third kappa shape index (κ3) is 5.24. The molecule has 0 saturated carbocycles. The largest absolute Gasteiger partial charge is 0.415 e. The highest BCUT2D eigenvalue weighted by atomic mass is 79.9. The second-order valence-electron chi connectivity index (χ2n) is 9.45. The third-order valence-corrected chi connectivity index (χ3v) is 6.53. The molecule has 0 N–H and O–H groups in total. The van der Waals surface area contributed by atoms with Crippen molar-refractivity contribution in [2.24, 2.45) is 0 Å². The highest BCUT2D eigenvalue weighted by Crippen LogP contribution is 2.30. The Bertz CT molecular complexity index is 1460. The molecule has 0 unspecified atom stereocenters. The Balaban J connectivity index is 1.54. The summed E-state index contributed by atoms with van der Waals surface area (Å²) in [6.07, 6.45) is 0. The van der Waals surface area contributed by atoms with E-state index in [-0.39, 0.29) is 5.41 Å². The summed E-state index contributed by atoms with van der Waals surface area (Å²) in [5.41, 5.74) is 5.90. The highest BCUT2D eigenvalue weighted by molar-refractivity contribution is 9.10. The maximum Gasteiger partial charge on any atom is 0.266 e. The fraction of sp³-hybridized carbons (Fsp3) is 0.179. The van der Waals surface area contributed by atoms with Crippen LogP contribution in [0.2, 0.25) is 5.02 Å². The zero-order valence-corrected chi connectivity index (χ0v) is 22.0. The van der Waals surface area contributed by atoms with Crippen LogP contribution in [0.25, 0.3) is 34.3 Å². The first-order chi connectivity index (χ1) is 16.8. The topological polar surface area (TPSA) is 56.7 Å². The molecule has 5 aromatic rings. The van der Waals surface area contributed by atoms with Gasteiger partial charge in [-0.25, -0.2) is 0 Å². The zero-order chi connectivity index (χ0) is 24.6. The van der Waals surface area contributed by atoms with Gasteiger partial charge in [-0.2, -0.15) is 5.10 Å². The smallest absolute Gasteiger partial charge is 0.266 e. The number of hydrogen-bond acceptors (Lipinski definition) is 4. The van der Waals surface area contributed by atoms with Crippen LogP contribution >= 0.6 is 27.5 Å². The van der Waals surface area contributed by atoms with Gasteiger partial charge < -0.3 is 4.42 Å². The molecule has 0 amide bonds. The summed E-state index contributed by atoms with van der Waals surface area (Å²) in [5, 5.41) is 14.2. The first-order valence-corrected chi connectivity index (χ1v) is 12.5. The number of nitrogens with zero attached hydrogens (tertiary/aromatic N) is 4. The molecule has 0 aliphatic heterocycles. The van der Waals surface area contributed by atoms with Gasteiger partial charge in [0.2, 0.25) is 5.89 Å². The van der Waals surface area contributed by atoms with Gasteiger partial charge in [-0.15, -0.1) is 10.2 Å². The molecule has 0 bridgehead atoms. The molecule has 0 aliphatic carbocycles. The van der Waals surface area contributed by atoms with Crippen LogP contribution in [0.3, 0.4) is 0 Å². The zero-order valence-electron chi connectivity index (χ0n) is 19.7. The Kier molecular flexibility index (Phi) is 6.34. The predicted octanol–water partition coefficient (Wildman–Crippen LogP) is 8.03. The quantitative estimate of drug-likeness (QED) is 0.223. The van der Waals surface area contributed by atoms with Gasteiger partial charge in [0.05, 0.1) is 12.2 Å². The second kappa shape index (κ2) is 9.44. The van der Waals surface area contributed by atoms with Gasteiger partial charge in [0, 0.05) is 20.6 Å². The molecule has 2 heterocycles. The minimum absolute atomic E-state index is 0.101. The Morgan fingerprint density at radius 2 is 1.57 bits per heavy atom. The van der Waals surface area contributed by atoms with Gasteiger partial charge in [0.25, 0.3) is 5.89 Å². The number of aromatic nitrogens is 4. The maximum atomic E-state index is 6.10. The Morgan fingerprint density at radius 3 is 2.26 bits per heavy atom. The van der Waals surface area contributed by atoms with E-state index in [0.29, 0.717) is 23.3 Å². The molecule has 0 aliphatic rings. The molecule has 35 heavy (non-hydrogen) atoms. The summed E-state index contributed by atoms with van der Waals surface area (Å²) in [4.78, 5) is 0. The van der Waals surface area contributed by atoms with Gasteiger partial charge >= 0.3 is 0 Å². The van der Waals surface area contributed by atoms with Crippen molar-refractivity contribution in [1.82, 2.24) is 20.0 Å². The highest BCUT2D eigenvalue weighted by Gasteiger charge is 2.19. The molecule has 0 radical (unpaired) electrons. The standard InChI is InChI=1S/C28H24BrClN4O/c1-28(2,3)21-11-7-18(8-12-21)17-34-25(16-24(33-34)19-9-13-23(30)14-10-19)27-32-31-26(35-27)20-5-4-6-22(29)15-20/h4-16H,17H2,1-3H3. The maximum absolute atomic E-state index is 6.10. The first-order valence-electron chi connectivity index (χ1n) is 11.3. The monoisotopic (exact) mass is 546 g/mol. The van der Waals surface area contributed by atoms with Crippen LogP contribution in [-0.2, 0) is 12.0 Å². The van der Waals surface area contributed by atoms with E-state index in [0.717, 1.165) is 32.6 Å². The van der Waals surface area contributed by atoms with Crippen LogP contribution in [0.1, 0.15) is 31.9 Å². The Morgan fingerprint density at radius 1 is 0.857 bits per heavy atom. The minimum Gasteiger partial charge on any atom is -0.415 e. The molecular weight excluding hydrogens is 524 g/mol. The minimum atomic E-state index is 0.101. The van der Waals surface area contributed by atoms with Gasteiger partial charge in [-0.1, -0.05) is 90.8 Å². The molecule has 2 aromatic heterocycles. The van der Waals surface area contributed by atoms with Crippen LogP contribution in [0, 0.1) is 0 Å². The van der Waals surface area contributed by atoms with Crippen molar-refractivity contribution in [3.63, 3.8) is 0 Å². The normalized spacial score (nSPS) is 11.7. The van der Waals surface area contributed by atoms with Crippen molar-refractivity contribution in [3.05, 3.63) is 99.5 Å². The molecule has 0 atom stereocenters. The van der Waals surface area contributed by atoms with E-state index in [1.807, 2.05) is 59.3 Å². The van der Waals surface area contributed by atoms with E-state index in [1.165, 1.54) is 5.56 Å². The van der Waals surface area contributed by atoms with Crippen molar-refractivity contribution in [3.8, 4) is 34.3 Å². The van der Waals surface area contributed by atoms with E-state index >= 15 is 0 Å². The van der Waals surface area contributed by atoms with Crippen LogP contribution in [-0.4, -0.2) is 20.0 Å². The van der Waals surface area contributed by atoms with Gasteiger partial charge in [-0.3, -0.25) is 4.68 Å². The summed E-state index contributed by atoms with van der Waals surface area (Å²) < 4.78 is 8.95. The lowest BCUT2D eigenvalue weighted by Crippen LogP contribution is -2.11. The third-order valence-electron chi connectivity index (χ3n) is 5.79. The lowest BCUT2D eigenvalue weighted by Gasteiger charge is -2.19. The molecule has 0 fully saturated rings. The molecule has 5 nitrogen and oxygen atoms in total. The van der Waals surface area contributed by atoms with Crippen molar-refractivity contribution in [1.29, 1.82) is 0 Å². The lowest BCUT2D eigenvalue weighted by molar-refractivity contribution is 0.569. The van der Waals surface area contributed by atoms with E-state index in [9.17, 15) is 0 Å². The molecule has 0 spiro atoms. The van der Waals surface area contributed by atoms with E-state index in [2.05, 4.69) is 71.2 Å². The molecule has 3 aromatic carbocycles. The molecule has 5 rings (SSSR count). The van der Waals surface area contributed by atoms with Gasteiger partial charge in [-0.05, 0) is 52.9 Å². The van der Waals surface area contributed by atoms with Gasteiger partial charge in [0.15, 0.2) is 0 Å². The molecule has 7 heteroatoms. The number of rotatable bonds is 5. The van der Waals surface area contributed by atoms with E-state index in [1.54, 1.807) is 0 Å². The Labute approximate surface area is 217 Å². The second-order valence-corrected chi connectivity index (χ2v) is 10.8. The van der Waals surface area contributed by atoms with Crippen LogP contribution in [0.4, 0.5) is 0 Å². The van der Waals surface area contributed by atoms with Crippen molar-refractivity contribution in [2.75, 3.05) is 0 Å². The van der Waals surface area contributed by atoms with E-state index < -0.39 is 0 Å². The number of halogens is 2. The van der Waals surface area contributed by atoms with Crippen molar-refractivity contribution < 1.29 is 4.42 Å². The average molecular weight is 548 g/mol. The molecular formula is C28H24BrClN4O. The van der Waals surface area contributed by atoms with Gasteiger partial charge in [0.1, 0.15) is 5.69 Å². The fourth-order valence-corrected chi connectivity index (χ4v) is 4.34. The van der Waals surface area contributed by atoms with E-state index in [4.69, 9.17) is 21.1 Å². The molecule has 0 saturated heterocycles. The summed E-state index contributed by atoms with van der Waals surface area (Å²) in [7, 11) is 0. The first kappa shape index (κ1) is 23.5. The van der Waals surface area contributed by atoms with Crippen molar-refractivity contribution >= 4 is 27.5 Å².